The van der Waals surface area contributed by atoms with Gasteiger partial charge in [-0.05, 0) is 165 Å². The number of anilines is 3. The van der Waals surface area contributed by atoms with Gasteiger partial charge in [-0.25, -0.2) is 0 Å². The van der Waals surface area contributed by atoms with Gasteiger partial charge in [-0.1, -0.05) is 170 Å². The molecule has 0 aliphatic heterocycles. The summed E-state index contributed by atoms with van der Waals surface area (Å²) in [6.45, 7) is 0. The minimum absolute atomic E-state index is 0.101. The average molecular weight is 864 g/mol. The highest BCUT2D eigenvalue weighted by Crippen LogP contribution is 2.70. The van der Waals surface area contributed by atoms with E-state index in [0.717, 1.165) is 40.7 Å². The molecule has 4 fully saturated rings. The van der Waals surface area contributed by atoms with Gasteiger partial charge in [0.25, 0.3) is 0 Å². The molecule has 0 radical (unpaired) electrons. The first-order valence-electron chi connectivity index (χ1n) is 24.1. The molecule has 316 valence electrons. The Morgan fingerprint density at radius 2 is 0.818 bits per heavy atom. The van der Waals surface area contributed by atoms with Crippen LogP contribution in [0.4, 0.5) is 17.1 Å². The van der Waals surface area contributed by atoms with Crippen molar-refractivity contribution in [2.24, 2.45) is 23.7 Å². The molecule has 2 heteroatoms. The fourth-order valence-electron chi connectivity index (χ4n) is 13.8. The SMILES string of the molecule is c1ccc(-c2ccc(N(c3ccc(-c4ccccc4-c4cccc5c4C4(c6ccccc6-5)C5CC6CC(C5)CC4C6)cc3)c3ccc(-c4cccc5c4sc4ccccc45)cc3)cc2)cc1. The van der Waals surface area contributed by atoms with Crippen molar-refractivity contribution in [3.63, 3.8) is 0 Å². The van der Waals surface area contributed by atoms with Crippen molar-refractivity contribution in [1.29, 1.82) is 0 Å². The Kier molecular flexibility index (Phi) is 8.71. The lowest BCUT2D eigenvalue weighted by Gasteiger charge is -2.61. The molecule has 4 bridgehead atoms. The molecule has 4 saturated carbocycles. The number of rotatable bonds is 7. The van der Waals surface area contributed by atoms with Crippen molar-refractivity contribution in [3.8, 4) is 55.6 Å². The summed E-state index contributed by atoms with van der Waals surface area (Å²) in [5.41, 5.74) is 19.9. The molecule has 0 atom stereocenters. The van der Waals surface area contributed by atoms with E-state index in [-0.39, 0.29) is 5.41 Å². The van der Waals surface area contributed by atoms with Gasteiger partial charge in [0.2, 0.25) is 0 Å². The van der Waals surface area contributed by atoms with Crippen molar-refractivity contribution >= 4 is 48.6 Å². The second-order valence-corrected chi connectivity index (χ2v) is 20.7. The molecule has 5 aliphatic rings. The highest BCUT2D eigenvalue weighted by Gasteiger charge is 2.62. The maximum absolute atomic E-state index is 2.51. The Morgan fingerprint density at radius 1 is 0.348 bits per heavy atom. The van der Waals surface area contributed by atoms with E-state index in [2.05, 4.69) is 217 Å². The number of benzene rings is 9. The number of nitrogens with zero attached hydrogens (tertiary/aromatic N) is 1. The third-order valence-electron chi connectivity index (χ3n) is 16.3. The van der Waals surface area contributed by atoms with Crippen molar-refractivity contribution < 1.29 is 0 Å². The second-order valence-electron chi connectivity index (χ2n) is 19.6. The minimum atomic E-state index is 0.101. The highest BCUT2D eigenvalue weighted by atomic mass is 32.1. The van der Waals surface area contributed by atoms with Crippen LogP contribution in [-0.4, -0.2) is 0 Å². The summed E-state index contributed by atoms with van der Waals surface area (Å²) < 4.78 is 2.67. The molecule has 1 nitrogen and oxygen atoms in total. The van der Waals surface area contributed by atoms with Crippen molar-refractivity contribution in [1.82, 2.24) is 0 Å². The Balaban J connectivity index is 0.863. The monoisotopic (exact) mass is 863 g/mol. The second kappa shape index (κ2) is 15.0. The van der Waals surface area contributed by atoms with Crippen LogP contribution in [0.15, 0.2) is 212 Å². The lowest BCUT2D eigenvalue weighted by atomic mass is 9.42. The van der Waals surface area contributed by atoms with Crippen molar-refractivity contribution in [2.45, 2.75) is 37.5 Å². The summed E-state index contributed by atoms with van der Waals surface area (Å²) in [6, 6.07) is 79.8. The zero-order valence-corrected chi connectivity index (χ0v) is 37.7. The topological polar surface area (TPSA) is 3.24 Å². The minimum Gasteiger partial charge on any atom is -0.311 e. The van der Waals surface area contributed by atoms with Crippen LogP contribution in [0.3, 0.4) is 0 Å². The van der Waals surface area contributed by atoms with Crippen LogP contribution in [0.5, 0.6) is 0 Å². The maximum atomic E-state index is 2.51. The van der Waals surface area contributed by atoms with Crippen LogP contribution >= 0.6 is 11.3 Å². The van der Waals surface area contributed by atoms with Gasteiger partial charge in [0.15, 0.2) is 0 Å². The summed E-state index contributed by atoms with van der Waals surface area (Å²) in [5, 5.41) is 2.66. The number of hydrogen-bond donors (Lipinski definition) is 0. The van der Waals surface area contributed by atoms with Gasteiger partial charge < -0.3 is 4.90 Å². The zero-order valence-electron chi connectivity index (χ0n) is 36.9. The molecule has 0 amide bonds. The maximum Gasteiger partial charge on any atom is 0.0462 e. The molecule has 15 rings (SSSR count). The van der Waals surface area contributed by atoms with Gasteiger partial charge in [0.1, 0.15) is 0 Å². The Labute approximate surface area is 391 Å². The van der Waals surface area contributed by atoms with E-state index in [0.29, 0.717) is 0 Å². The highest BCUT2D eigenvalue weighted by molar-refractivity contribution is 7.26. The van der Waals surface area contributed by atoms with Crippen LogP contribution in [0, 0.1) is 23.7 Å². The molecule has 0 saturated heterocycles. The lowest BCUT2D eigenvalue weighted by molar-refractivity contribution is -0.0397. The molecule has 5 aliphatic carbocycles. The number of thiophene rings is 1. The molecule has 10 aromatic rings. The first kappa shape index (κ1) is 38.3. The zero-order chi connectivity index (χ0) is 43.3. The van der Waals surface area contributed by atoms with Gasteiger partial charge in [-0.2, -0.15) is 0 Å². The molecular formula is C64H49NS. The van der Waals surface area contributed by atoms with E-state index in [1.807, 2.05) is 11.3 Å². The summed E-state index contributed by atoms with van der Waals surface area (Å²) in [6.07, 6.45) is 7.00. The number of fused-ring (bicyclic) bond motifs is 6. The predicted octanol–water partition coefficient (Wildman–Crippen LogP) is 17.9. The van der Waals surface area contributed by atoms with E-state index in [4.69, 9.17) is 0 Å². The Bertz CT molecular complexity index is 3440. The number of hydrogen-bond acceptors (Lipinski definition) is 2. The van der Waals surface area contributed by atoms with Gasteiger partial charge in [-0.3, -0.25) is 0 Å². The summed E-state index contributed by atoms with van der Waals surface area (Å²) in [5.74, 6) is 3.26. The van der Waals surface area contributed by atoms with E-state index in [1.165, 1.54) is 108 Å². The van der Waals surface area contributed by atoms with Crippen LogP contribution in [0.2, 0.25) is 0 Å². The smallest absolute Gasteiger partial charge is 0.0462 e. The lowest BCUT2D eigenvalue weighted by Crippen LogP contribution is -2.55. The van der Waals surface area contributed by atoms with Crippen LogP contribution in [0.25, 0.3) is 75.8 Å². The van der Waals surface area contributed by atoms with E-state index in [9.17, 15) is 0 Å². The van der Waals surface area contributed by atoms with Crippen molar-refractivity contribution in [3.05, 3.63) is 223 Å². The van der Waals surface area contributed by atoms with Gasteiger partial charge in [-0.15, -0.1) is 11.3 Å². The predicted molar refractivity (Wildman–Crippen MR) is 279 cm³/mol. The molecular weight excluding hydrogens is 815 g/mol. The average Bonchev–Trinajstić information content (AvgIpc) is 3.91. The molecule has 0 N–H and O–H groups in total. The Morgan fingerprint density at radius 3 is 1.50 bits per heavy atom. The third-order valence-corrected chi connectivity index (χ3v) is 17.5. The fourth-order valence-corrected chi connectivity index (χ4v) is 15.1. The van der Waals surface area contributed by atoms with Gasteiger partial charge in [0.05, 0.1) is 0 Å². The molecule has 9 aromatic carbocycles. The van der Waals surface area contributed by atoms with E-state index < -0.39 is 0 Å². The summed E-state index contributed by atoms with van der Waals surface area (Å²) >= 11 is 1.89. The molecule has 1 heterocycles. The van der Waals surface area contributed by atoms with Gasteiger partial charge >= 0.3 is 0 Å². The third kappa shape index (κ3) is 5.77. The normalized spacial score (nSPS) is 21.1. The fraction of sp³-hybridized carbons (Fsp3) is 0.156. The van der Waals surface area contributed by atoms with Crippen LogP contribution in [-0.2, 0) is 5.41 Å². The molecule has 66 heavy (non-hydrogen) atoms. The molecule has 1 aromatic heterocycles. The summed E-state index contributed by atoms with van der Waals surface area (Å²) in [7, 11) is 0. The standard InChI is InChI=1S/C64H49NS/c1-2-12-43(13-3-1)44-24-30-49(31-25-44)65(51-34-28-46(29-35-51)53-18-10-21-59-56-17-7-9-23-61(56)66-63(53)59)50-32-26-45(27-33-50)52-14-4-5-15-54(52)57-19-11-20-58-55-16-6-8-22-60(55)64(62(57)58)47-37-41-36-42(39-47)40-48(64)38-41/h1-35,41-42,47-48H,36-40H2. The van der Waals surface area contributed by atoms with E-state index >= 15 is 0 Å². The van der Waals surface area contributed by atoms with Crippen LogP contribution in [0.1, 0.15) is 43.2 Å². The van der Waals surface area contributed by atoms with Crippen molar-refractivity contribution in [2.75, 3.05) is 4.90 Å². The van der Waals surface area contributed by atoms with E-state index in [1.54, 1.807) is 11.1 Å². The van der Waals surface area contributed by atoms with Gasteiger partial charge in [0, 0.05) is 42.6 Å². The molecule has 0 unspecified atom stereocenters. The quantitative estimate of drug-likeness (QED) is 0.154. The first-order valence-corrected chi connectivity index (χ1v) is 24.9. The Hall–Kier alpha value is -7.00. The summed E-state index contributed by atoms with van der Waals surface area (Å²) in [4.78, 5) is 2.41. The first-order chi connectivity index (χ1) is 32.7. The molecule has 1 spiro atoms. The largest absolute Gasteiger partial charge is 0.311 e. The van der Waals surface area contributed by atoms with Crippen LogP contribution < -0.4 is 4.90 Å².